The highest BCUT2D eigenvalue weighted by Gasteiger charge is 2.25. The molecule has 0 bridgehead atoms. The molecule has 0 aliphatic carbocycles. The molecule has 0 unspecified atom stereocenters. The fraction of sp³-hybridized carbons (Fsp3) is 0.211. The van der Waals surface area contributed by atoms with Crippen LogP contribution in [0, 0.1) is 10.1 Å². The minimum Gasteiger partial charge on any atom is -0.461 e. The van der Waals surface area contributed by atoms with Crippen molar-refractivity contribution in [1.82, 2.24) is 4.90 Å². The van der Waals surface area contributed by atoms with Crippen LogP contribution in [0.25, 0.3) is 11.0 Å². The summed E-state index contributed by atoms with van der Waals surface area (Å²) in [5.74, 6) is 0.331. The van der Waals surface area contributed by atoms with E-state index in [2.05, 4.69) is 0 Å². The van der Waals surface area contributed by atoms with Crippen molar-refractivity contribution in [2.45, 2.75) is 19.9 Å². The first-order valence-corrected chi connectivity index (χ1v) is 8.48. The summed E-state index contributed by atoms with van der Waals surface area (Å²) < 4.78 is 5.85. The van der Waals surface area contributed by atoms with Gasteiger partial charge in [-0.25, -0.2) is 0 Å². The zero-order chi connectivity index (χ0) is 18.8. The van der Waals surface area contributed by atoms with Crippen molar-refractivity contribution in [2.75, 3.05) is 7.05 Å². The topological polar surface area (TPSA) is 76.6 Å². The Hall–Kier alpha value is -2.86. The lowest BCUT2D eigenvalue weighted by Gasteiger charge is -2.17. The van der Waals surface area contributed by atoms with Gasteiger partial charge < -0.3 is 9.32 Å². The summed E-state index contributed by atoms with van der Waals surface area (Å²) in [7, 11) is 1.61. The van der Waals surface area contributed by atoms with Crippen molar-refractivity contribution >= 4 is 34.2 Å². The second kappa shape index (κ2) is 7.17. The summed E-state index contributed by atoms with van der Waals surface area (Å²) in [6.45, 7) is 2.26. The molecule has 1 amide bonds. The maximum atomic E-state index is 12.8. The lowest BCUT2D eigenvalue weighted by molar-refractivity contribution is -0.385. The molecule has 6 nitrogen and oxygen atoms in total. The van der Waals surface area contributed by atoms with Crippen molar-refractivity contribution in [3.63, 3.8) is 0 Å². The third-order valence-electron chi connectivity index (χ3n) is 4.23. The van der Waals surface area contributed by atoms with Gasteiger partial charge in [-0.1, -0.05) is 36.7 Å². The van der Waals surface area contributed by atoms with Gasteiger partial charge in [-0.3, -0.25) is 14.9 Å². The molecule has 0 radical (unpaired) electrons. The van der Waals surface area contributed by atoms with Crippen molar-refractivity contribution in [2.24, 2.45) is 0 Å². The van der Waals surface area contributed by atoms with E-state index < -0.39 is 10.8 Å². The first kappa shape index (κ1) is 17.9. The Morgan fingerprint density at radius 3 is 2.69 bits per heavy atom. The molecular formula is C19H17ClN2O4. The number of halogens is 1. The second-order valence-corrected chi connectivity index (χ2v) is 6.37. The van der Waals surface area contributed by atoms with Crippen molar-refractivity contribution in [3.8, 4) is 0 Å². The lowest BCUT2D eigenvalue weighted by Crippen LogP contribution is -2.27. The van der Waals surface area contributed by atoms with Gasteiger partial charge in [-0.2, -0.15) is 0 Å². The maximum absolute atomic E-state index is 12.8. The van der Waals surface area contributed by atoms with Gasteiger partial charge in [-0.15, -0.1) is 0 Å². The lowest BCUT2D eigenvalue weighted by atomic mass is 10.1. The Morgan fingerprint density at radius 2 is 2.00 bits per heavy atom. The molecule has 0 aliphatic heterocycles. The number of hydrogen-bond acceptors (Lipinski definition) is 4. The highest BCUT2D eigenvalue weighted by Crippen LogP contribution is 2.29. The van der Waals surface area contributed by atoms with Crippen LogP contribution in [0.5, 0.6) is 0 Å². The molecule has 1 heterocycles. The van der Waals surface area contributed by atoms with E-state index in [1.165, 1.54) is 23.1 Å². The number of furan rings is 1. The van der Waals surface area contributed by atoms with E-state index in [4.69, 9.17) is 16.0 Å². The van der Waals surface area contributed by atoms with Crippen LogP contribution in [0.1, 0.15) is 28.6 Å². The van der Waals surface area contributed by atoms with E-state index in [1.54, 1.807) is 7.05 Å². The van der Waals surface area contributed by atoms with Crippen LogP contribution in [0.15, 0.2) is 46.9 Å². The molecule has 0 N–H and O–H groups in total. The highest BCUT2D eigenvalue weighted by atomic mass is 35.5. The molecule has 0 saturated heterocycles. The Morgan fingerprint density at radius 1 is 1.27 bits per heavy atom. The highest BCUT2D eigenvalue weighted by molar-refractivity contribution is 6.31. The number of nitro groups is 1. The molecule has 0 atom stereocenters. The van der Waals surface area contributed by atoms with E-state index in [9.17, 15) is 14.9 Å². The molecular weight excluding hydrogens is 356 g/mol. The van der Waals surface area contributed by atoms with Gasteiger partial charge in [0.2, 0.25) is 0 Å². The number of nitro benzene ring substituents is 1. The van der Waals surface area contributed by atoms with Gasteiger partial charge in [0, 0.05) is 42.1 Å². The number of benzene rings is 2. The first-order valence-electron chi connectivity index (χ1n) is 8.11. The maximum Gasteiger partial charge on any atom is 0.282 e. The number of aryl methyl sites for hydroxylation is 1. The molecule has 0 spiro atoms. The van der Waals surface area contributed by atoms with Gasteiger partial charge >= 0.3 is 0 Å². The van der Waals surface area contributed by atoms with Gasteiger partial charge in [0.05, 0.1) is 4.92 Å². The van der Waals surface area contributed by atoms with Gasteiger partial charge in [0.25, 0.3) is 11.6 Å². The average molecular weight is 373 g/mol. The van der Waals surface area contributed by atoms with Crippen LogP contribution in [0.2, 0.25) is 5.02 Å². The van der Waals surface area contributed by atoms with Crippen LogP contribution >= 0.6 is 11.6 Å². The predicted molar refractivity (Wildman–Crippen MR) is 99.5 cm³/mol. The average Bonchev–Trinajstić information content (AvgIpc) is 2.98. The zero-order valence-electron chi connectivity index (χ0n) is 14.4. The van der Waals surface area contributed by atoms with Crippen LogP contribution in [0.4, 0.5) is 5.69 Å². The van der Waals surface area contributed by atoms with E-state index in [0.29, 0.717) is 6.42 Å². The first-order chi connectivity index (χ1) is 12.4. The van der Waals surface area contributed by atoms with Crippen LogP contribution in [0.3, 0.4) is 0 Å². The third kappa shape index (κ3) is 3.28. The SMILES string of the molecule is CCc1oc2ccccc2c1CN(C)C(=O)c1cc(Cl)ccc1[N+](=O)[O-]. The smallest absolute Gasteiger partial charge is 0.282 e. The third-order valence-corrected chi connectivity index (χ3v) is 4.47. The predicted octanol–water partition coefficient (Wildman–Crippen LogP) is 4.83. The Kier molecular flexibility index (Phi) is 4.95. The second-order valence-electron chi connectivity index (χ2n) is 5.93. The summed E-state index contributed by atoms with van der Waals surface area (Å²) in [4.78, 5) is 24.9. The normalized spacial score (nSPS) is 10.9. The summed E-state index contributed by atoms with van der Waals surface area (Å²) in [6.07, 6.45) is 0.684. The van der Waals surface area contributed by atoms with Crippen LogP contribution in [-0.2, 0) is 13.0 Å². The molecule has 26 heavy (non-hydrogen) atoms. The number of carbonyl (C=O) groups is 1. The molecule has 3 rings (SSSR count). The van der Waals surface area contributed by atoms with Gasteiger partial charge in [0.1, 0.15) is 16.9 Å². The van der Waals surface area contributed by atoms with E-state index >= 15 is 0 Å². The van der Waals surface area contributed by atoms with Crippen molar-refractivity contribution in [1.29, 1.82) is 0 Å². The fourth-order valence-corrected chi connectivity index (χ4v) is 3.13. The number of para-hydroxylation sites is 1. The number of amides is 1. The van der Waals surface area contributed by atoms with Crippen molar-refractivity contribution < 1.29 is 14.1 Å². The molecule has 1 aromatic heterocycles. The molecule has 134 valence electrons. The summed E-state index contributed by atoms with van der Waals surface area (Å²) in [5.41, 5.74) is 1.37. The molecule has 3 aromatic rings. The monoisotopic (exact) mass is 372 g/mol. The van der Waals surface area contributed by atoms with Crippen molar-refractivity contribution in [3.05, 3.63) is 74.5 Å². The van der Waals surface area contributed by atoms with E-state index in [-0.39, 0.29) is 22.8 Å². The van der Waals surface area contributed by atoms with Gasteiger partial charge in [0.15, 0.2) is 0 Å². The number of nitrogens with zero attached hydrogens (tertiary/aromatic N) is 2. The molecule has 0 saturated carbocycles. The number of carbonyl (C=O) groups excluding carboxylic acids is 1. The number of fused-ring (bicyclic) bond motifs is 1. The van der Waals surface area contributed by atoms with Crippen LogP contribution < -0.4 is 0 Å². The van der Waals surface area contributed by atoms with Crippen LogP contribution in [-0.4, -0.2) is 22.8 Å². The van der Waals surface area contributed by atoms with Gasteiger partial charge in [-0.05, 0) is 18.2 Å². The fourth-order valence-electron chi connectivity index (χ4n) is 2.96. The molecule has 2 aromatic carbocycles. The number of rotatable bonds is 5. The minimum absolute atomic E-state index is 0.0316. The Labute approximate surface area is 155 Å². The quantitative estimate of drug-likeness (QED) is 0.474. The summed E-state index contributed by atoms with van der Waals surface area (Å²) in [5, 5.41) is 12.4. The summed E-state index contributed by atoms with van der Waals surface area (Å²) >= 11 is 5.93. The van der Waals surface area contributed by atoms with E-state index in [1.807, 2.05) is 31.2 Å². The van der Waals surface area contributed by atoms with E-state index in [0.717, 1.165) is 22.3 Å². The standard InChI is InChI=1S/C19H17ClN2O4/c1-3-17-15(13-6-4-5-7-18(13)26-17)11-21(2)19(23)14-10-12(20)8-9-16(14)22(24)25/h4-10H,3,11H2,1-2H3. The molecule has 0 aliphatic rings. The molecule has 0 fully saturated rings. The Bertz CT molecular complexity index is 996. The zero-order valence-corrected chi connectivity index (χ0v) is 15.1. The number of hydrogen-bond donors (Lipinski definition) is 0. The Balaban J connectivity index is 1.97. The minimum atomic E-state index is -0.581. The largest absolute Gasteiger partial charge is 0.461 e. The molecule has 7 heteroatoms. The summed E-state index contributed by atoms with van der Waals surface area (Å²) in [6, 6.07) is 11.6.